The largest absolute Gasteiger partial charge is 0.496 e. The number of rotatable bonds is 4. The normalized spacial score (nSPS) is 21.0. The Morgan fingerprint density at radius 1 is 1.33 bits per heavy atom. The van der Waals surface area contributed by atoms with E-state index in [0.717, 1.165) is 28.8 Å². The highest BCUT2D eigenvalue weighted by molar-refractivity contribution is 9.10. The molecule has 6 heteroatoms. The zero-order chi connectivity index (χ0) is 19.3. The van der Waals surface area contributed by atoms with E-state index in [-0.39, 0.29) is 5.82 Å². The lowest BCUT2D eigenvalue weighted by Crippen LogP contribution is -2.41. The molecule has 1 heterocycles. The highest BCUT2D eigenvalue weighted by Gasteiger charge is 2.47. The second-order valence-corrected chi connectivity index (χ2v) is 8.54. The Hall–Kier alpha value is -1.66. The Kier molecular flexibility index (Phi) is 4.67. The second-order valence-electron chi connectivity index (χ2n) is 7.63. The van der Waals surface area contributed by atoms with Crippen LogP contribution in [-0.4, -0.2) is 30.8 Å². The fourth-order valence-electron chi connectivity index (χ4n) is 4.13. The summed E-state index contributed by atoms with van der Waals surface area (Å²) in [7, 11) is 1.53. The first-order valence-electron chi connectivity index (χ1n) is 9.17. The lowest BCUT2D eigenvalue weighted by Gasteiger charge is -2.40. The summed E-state index contributed by atoms with van der Waals surface area (Å²) in [6.45, 7) is 2.96. The minimum absolute atomic E-state index is 0.305. The van der Waals surface area contributed by atoms with E-state index >= 15 is 4.39 Å². The summed E-state index contributed by atoms with van der Waals surface area (Å²) >= 11 is 3.33. The molecule has 3 nitrogen and oxygen atoms in total. The van der Waals surface area contributed by atoms with E-state index in [0.29, 0.717) is 41.7 Å². The van der Waals surface area contributed by atoms with Crippen molar-refractivity contribution < 1.29 is 13.5 Å². The van der Waals surface area contributed by atoms with E-state index in [4.69, 9.17) is 10.5 Å². The van der Waals surface area contributed by atoms with Crippen LogP contribution in [0.25, 0.3) is 0 Å². The maximum absolute atomic E-state index is 15.1. The number of alkyl halides is 1. The molecule has 0 aromatic heterocycles. The van der Waals surface area contributed by atoms with Gasteiger partial charge in [0.05, 0.1) is 18.7 Å². The summed E-state index contributed by atoms with van der Waals surface area (Å²) in [6.07, 6.45) is 1.92. The van der Waals surface area contributed by atoms with E-state index in [1.807, 2.05) is 19.1 Å². The van der Waals surface area contributed by atoms with Crippen molar-refractivity contribution in [3.8, 4) is 5.75 Å². The maximum Gasteiger partial charge on any atom is 0.133 e. The van der Waals surface area contributed by atoms with Crippen LogP contribution in [0.5, 0.6) is 5.75 Å². The van der Waals surface area contributed by atoms with Crippen molar-refractivity contribution in [1.82, 2.24) is 4.90 Å². The number of ether oxygens (including phenoxy) is 1. The summed E-state index contributed by atoms with van der Waals surface area (Å²) in [5, 5.41) is 0. The van der Waals surface area contributed by atoms with Crippen molar-refractivity contribution >= 4 is 21.6 Å². The van der Waals surface area contributed by atoms with Gasteiger partial charge in [0.15, 0.2) is 0 Å². The fourth-order valence-corrected chi connectivity index (χ4v) is 4.54. The fraction of sp³-hybridized carbons (Fsp3) is 0.429. The number of methoxy groups -OCH3 is 1. The average Bonchev–Trinajstić information content (AvgIpc) is 3.35. The number of anilines is 1. The van der Waals surface area contributed by atoms with Crippen LogP contribution in [0.4, 0.5) is 14.5 Å². The monoisotopic (exact) mass is 436 g/mol. The van der Waals surface area contributed by atoms with Gasteiger partial charge in [0.1, 0.15) is 17.2 Å². The highest BCUT2D eigenvalue weighted by atomic mass is 79.9. The third-order valence-corrected chi connectivity index (χ3v) is 6.27. The molecule has 1 fully saturated rings. The van der Waals surface area contributed by atoms with Gasteiger partial charge >= 0.3 is 0 Å². The molecule has 2 aromatic rings. The molecule has 27 heavy (non-hydrogen) atoms. The zero-order valence-corrected chi connectivity index (χ0v) is 17.1. The summed E-state index contributed by atoms with van der Waals surface area (Å²) in [4.78, 5) is 2.06. The summed E-state index contributed by atoms with van der Waals surface area (Å²) in [5.74, 6) is 0.102. The number of nitrogens with zero attached hydrogens (tertiary/aromatic N) is 1. The molecule has 1 aliphatic carbocycles. The molecular formula is C21H23BrF2N2O. The van der Waals surface area contributed by atoms with E-state index in [9.17, 15) is 4.39 Å². The van der Waals surface area contributed by atoms with E-state index in [2.05, 4.69) is 20.8 Å². The lowest BCUT2D eigenvalue weighted by molar-refractivity contribution is 0.136. The van der Waals surface area contributed by atoms with E-state index in [1.54, 1.807) is 6.07 Å². The van der Waals surface area contributed by atoms with Crippen molar-refractivity contribution in [2.24, 2.45) is 0 Å². The van der Waals surface area contributed by atoms with Crippen LogP contribution < -0.4 is 10.5 Å². The van der Waals surface area contributed by atoms with Gasteiger partial charge in [-0.05, 0) is 61.1 Å². The van der Waals surface area contributed by atoms with Gasteiger partial charge in [0.25, 0.3) is 0 Å². The first-order valence-corrected chi connectivity index (χ1v) is 9.96. The second kappa shape index (κ2) is 6.74. The molecule has 4 rings (SSSR count). The Labute approximate surface area is 166 Å². The van der Waals surface area contributed by atoms with Crippen LogP contribution in [0.3, 0.4) is 0 Å². The predicted molar refractivity (Wildman–Crippen MR) is 106 cm³/mol. The van der Waals surface area contributed by atoms with Crippen molar-refractivity contribution in [3.05, 3.63) is 56.8 Å². The minimum atomic E-state index is -1.16. The van der Waals surface area contributed by atoms with Gasteiger partial charge in [0, 0.05) is 23.2 Å². The van der Waals surface area contributed by atoms with Crippen molar-refractivity contribution in [2.75, 3.05) is 25.9 Å². The van der Waals surface area contributed by atoms with Crippen molar-refractivity contribution in [3.63, 3.8) is 0 Å². The van der Waals surface area contributed by atoms with Gasteiger partial charge in [-0.3, -0.25) is 4.90 Å². The predicted octanol–water partition coefficient (Wildman–Crippen LogP) is 4.94. The Morgan fingerprint density at radius 2 is 2.07 bits per heavy atom. The molecule has 2 aromatic carbocycles. The molecule has 0 spiro atoms. The number of hydrogen-bond acceptors (Lipinski definition) is 3. The maximum atomic E-state index is 15.1. The van der Waals surface area contributed by atoms with Gasteiger partial charge in [-0.25, -0.2) is 8.78 Å². The first-order chi connectivity index (χ1) is 12.8. The average molecular weight is 437 g/mol. The highest BCUT2D eigenvalue weighted by Crippen LogP contribution is 2.47. The third-order valence-electron chi connectivity index (χ3n) is 5.81. The number of nitrogens with two attached hydrogens (primary N) is 1. The first kappa shape index (κ1) is 18.7. The van der Waals surface area contributed by atoms with Crippen LogP contribution in [0.15, 0.2) is 28.7 Å². The third kappa shape index (κ3) is 3.34. The SMILES string of the molecule is COc1cc(Br)cc(F)c1[C@@H]1c2ccc(N)c(C)c2CCN1CC1(F)CC1. The molecule has 1 aliphatic heterocycles. The van der Waals surface area contributed by atoms with Crippen LogP contribution in [0.2, 0.25) is 0 Å². The van der Waals surface area contributed by atoms with Crippen LogP contribution in [0.1, 0.15) is 41.1 Å². The molecule has 2 N–H and O–H groups in total. The Balaban J connectivity index is 1.89. The van der Waals surface area contributed by atoms with Gasteiger partial charge in [-0.2, -0.15) is 0 Å². The number of benzene rings is 2. The van der Waals surface area contributed by atoms with Crippen LogP contribution in [-0.2, 0) is 6.42 Å². The number of hydrogen-bond donors (Lipinski definition) is 1. The molecule has 1 atom stereocenters. The summed E-state index contributed by atoms with van der Waals surface area (Å²) in [6, 6.07) is 6.61. The van der Waals surface area contributed by atoms with E-state index in [1.165, 1.54) is 13.2 Å². The quantitative estimate of drug-likeness (QED) is 0.689. The topological polar surface area (TPSA) is 38.5 Å². The summed E-state index contributed by atoms with van der Waals surface area (Å²) in [5.41, 5.74) is 9.27. The molecule has 0 amide bonds. The molecule has 144 valence electrons. The number of fused-ring (bicyclic) bond motifs is 1. The molecule has 0 saturated heterocycles. The Bertz CT molecular complexity index is 898. The lowest BCUT2D eigenvalue weighted by atomic mass is 9.84. The Morgan fingerprint density at radius 3 is 2.74 bits per heavy atom. The molecular weight excluding hydrogens is 414 g/mol. The molecule has 1 saturated carbocycles. The van der Waals surface area contributed by atoms with Gasteiger partial charge < -0.3 is 10.5 Å². The van der Waals surface area contributed by atoms with Crippen molar-refractivity contribution in [1.29, 1.82) is 0 Å². The molecule has 0 bridgehead atoms. The number of halogens is 3. The summed E-state index contributed by atoms with van der Waals surface area (Å²) < 4.78 is 35.9. The van der Waals surface area contributed by atoms with E-state index < -0.39 is 11.7 Å². The van der Waals surface area contributed by atoms with Crippen LogP contribution in [0, 0.1) is 12.7 Å². The van der Waals surface area contributed by atoms with Gasteiger partial charge in [-0.15, -0.1) is 0 Å². The zero-order valence-electron chi connectivity index (χ0n) is 15.5. The molecule has 2 aliphatic rings. The van der Waals surface area contributed by atoms with Gasteiger partial charge in [-0.1, -0.05) is 22.0 Å². The number of nitrogen functional groups attached to an aromatic ring is 1. The minimum Gasteiger partial charge on any atom is -0.496 e. The smallest absolute Gasteiger partial charge is 0.133 e. The van der Waals surface area contributed by atoms with Gasteiger partial charge in [0.2, 0.25) is 0 Å². The standard InChI is InChI=1S/C21H23BrF2N2O/c1-12-14-5-8-26(11-21(24)6-7-21)20(15(14)3-4-17(12)25)19-16(23)9-13(22)10-18(19)27-2/h3-4,9-10,20H,5-8,11,25H2,1-2H3/t20-/m0/s1. The molecule has 0 radical (unpaired) electrons. The van der Waals surface area contributed by atoms with Crippen LogP contribution >= 0.6 is 15.9 Å². The van der Waals surface area contributed by atoms with Crippen molar-refractivity contribution in [2.45, 2.75) is 37.9 Å². The molecule has 0 unspecified atom stereocenters.